The summed E-state index contributed by atoms with van der Waals surface area (Å²) in [5.74, 6) is 1.88. The molecule has 0 radical (unpaired) electrons. The molecule has 0 saturated carbocycles. The normalized spacial score (nSPS) is 19.8. The minimum absolute atomic E-state index is 0.191. The number of rotatable bonds is 2. The monoisotopic (exact) mass is 250 g/mol. The van der Waals surface area contributed by atoms with Crippen LogP contribution in [0.2, 0.25) is 0 Å². The third-order valence-electron chi connectivity index (χ3n) is 2.74. The van der Waals surface area contributed by atoms with Gasteiger partial charge in [-0.3, -0.25) is 0 Å². The van der Waals surface area contributed by atoms with Crippen molar-refractivity contribution in [1.82, 2.24) is 10.1 Å². The zero-order valence-electron chi connectivity index (χ0n) is 9.26. The number of fused-ring (bicyclic) bond motifs is 1. The fourth-order valence-corrected chi connectivity index (χ4v) is 1.95. The largest absolute Gasteiger partial charge is 0.480 e. The van der Waals surface area contributed by atoms with Crippen LogP contribution in [0.3, 0.4) is 0 Å². The first-order chi connectivity index (χ1) is 8.24. The standard InChI is InChI=1S/C12H11ClN2O2/c1-7(13)11-14-12(17-15-11)10-6-8-4-2-3-5-9(8)16-10/h2-5,7,10H,6H2,1H3. The Balaban J connectivity index is 1.84. The number of nitrogens with zero attached hydrogens (tertiary/aromatic N) is 2. The van der Waals surface area contributed by atoms with E-state index in [0.29, 0.717) is 11.7 Å². The van der Waals surface area contributed by atoms with E-state index < -0.39 is 0 Å². The van der Waals surface area contributed by atoms with Gasteiger partial charge in [0.25, 0.3) is 5.89 Å². The fraction of sp³-hybridized carbons (Fsp3) is 0.333. The minimum atomic E-state index is -0.253. The van der Waals surface area contributed by atoms with Crippen LogP contribution in [0.4, 0.5) is 0 Å². The average Bonchev–Trinajstić information content (AvgIpc) is 2.95. The van der Waals surface area contributed by atoms with Gasteiger partial charge in [0.15, 0.2) is 11.9 Å². The molecule has 2 atom stereocenters. The maximum absolute atomic E-state index is 5.89. The van der Waals surface area contributed by atoms with Crippen molar-refractivity contribution >= 4 is 11.6 Å². The number of hydrogen-bond acceptors (Lipinski definition) is 4. The molecule has 3 rings (SSSR count). The lowest BCUT2D eigenvalue weighted by molar-refractivity contribution is 0.183. The summed E-state index contributed by atoms with van der Waals surface area (Å²) < 4.78 is 10.9. The Kier molecular flexibility index (Phi) is 2.52. The van der Waals surface area contributed by atoms with Crippen molar-refractivity contribution in [3.05, 3.63) is 41.5 Å². The van der Waals surface area contributed by atoms with Crippen molar-refractivity contribution in [2.45, 2.75) is 24.8 Å². The van der Waals surface area contributed by atoms with Crippen LogP contribution in [0, 0.1) is 0 Å². The summed E-state index contributed by atoms with van der Waals surface area (Å²) >= 11 is 5.89. The van der Waals surface area contributed by atoms with Crippen LogP contribution >= 0.6 is 11.6 Å². The van der Waals surface area contributed by atoms with Crippen LogP contribution in [0.1, 0.15) is 35.7 Å². The van der Waals surface area contributed by atoms with E-state index in [0.717, 1.165) is 17.7 Å². The van der Waals surface area contributed by atoms with E-state index in [9.17, 15) is 0 Å². The van der Waals surface area contributed by atoms with Gasteiger partial charge in [-0.2, -0.15) is 4.98 Å². The molecule has 5 heteroatoms. The van der Waals surface area contributed by atoms with E-state index in [1.54, 1.807) is 6.92 Å². The molecular weight excluding hydrogens is 240 g/mol. The molecule has 0 aliphatic carbocycles. The van der Waals surface area contributed by atoms with Crippen molar-refractivity contribution < 1.29 is 9.26 Å². The van der Waals surface area contributed by atoms with Crippen LogP contribution in [0.5, 0.6) is 5.75 Å². The molecule has 4 nitrogen and oxygen atoms in total. The number of halogens is 1. The molecule has 2 aromatic rings. The van der Waals surface area contributed by atoms with E-state index in [4.69, 9.17) is 20.9 Å². The van der Waals surface area contributed by atoms with Crippen LogP contribution in [-0.2, 0) is 6.42 Å². The molecular formula is C12H11ClN2O2. The summed E-state index contributed by atoms with van der Waals surface area (Å²) in [7, 11) is 0. The Morgan fingerprint density at radius 2 is 2.24 bits per heavy atom. The number of para-hydroxylation sites is 1. The molecule has 0 amide bonds. The summed E-state index contributed by atoms with van der Waals surface area (Å²) in [6.07, 6.45) is 0.568. The molecule has 1 aromatic carbocycles. The highest BCUT2D eigenvalue weighted by atomic mass is 35.5. The van der Waals surface area contributed by atoms with Gasteiger partial charge in [0.05, 0.1) is 5.38 Å². The Labute approximate surface area is 104 Å². The quantitative estimate of drug-likeness (QED) is 0.769. The molecule has 0 bridgehead atoms. The molecule has 17 heavy (non-hydrogen) atoms. The number of ether oxygens (including phenoxy) is 1. The van der Waals surface area contributed by atoms with E-state index in [2.05, 4.69) is 10.1 Å². The summed E-state index contributed by atoms with van der Waals surface area (Å²) in [6.45, 7) is 1.81. The van der Waals surface area contributed by atoms with Crippen LogP contribution in [0.25, 0.3) is 0 Å². The first-order valence-corrected chi connectivity index (χ1v) is 5.90. The van der Waals surface area contributed by atoms with Crippen LogP contribution < -0.4 is 4.74 Å². The van der Waals surface area contributed by atoms with Crippen molar-refractivity contribution in [3.63, 3.8) is 0 Å². The van der Waals surface area contributed by atoms with Crippen molar-refractivity contribution in [2.75, 3.05) is 0 Å². The van der Waals surface area contributed by atoms with Gasteiger partial charge in [0.1, 0.15) is 5.75 Å². The van der Waals surface area contributed by atoms with Gasteiger partial charge in [-0.15, -0.1) is 11.6 Å². The topological polar surface area (TPSA) is 48.2 Å². The lowest BCUT2D eigenvalue weighted by Crippen LogP contribution is -2.03. The van der Waals surface area contributed by atoms with Crippen LogP contribution in [-0.4, -0.2) is 10.1 Å². The van der Waals surface area contributed by atoms with E-state index in [1.807, 2.05) is 24.3 Å². The second-order valence-corrected chi connectivity index (χ2v) is 4.68. The number of benzene rings is 1. The predicted octanol–water partition coefficient (Wildman–Crippen LogP) is 3.05. The zero-order chi connectivity index (χ0) is 11.8. The van der Waals surface area contributed by atoms with Crippen molar-refractivity contribution in [3.8, 4) is 5.75 Å². The minimum Gasteiger partial charge on any atom is -0.480 e. The zero-order valence-corrected chi connectivity index (χ0v) is 10.0. The van der Waals surface area contributed by atoms with Gasteiger partial charge < -0.3 is 9.26 Å². The SMILES string of the molecule is CC(Cl)c1noc(C2Cc3ccccc3O2)n1. The first kappa shape index (κ1) is 10.6. The highest BCUT2D eigenvalue weighted by Crippen LogP contribution is 2.35. The Morgan fingerprint density at radius 1 is 1.41 bits per heavy atom. The maximum Gasteiger partial charge on any atom is 0.268 e. The Bertz CT molecular complexity index is 514. The van der Waals surface area contributed by atoms with Gasteiger partial charge in [0, 0.05) is 6.42 Å². The van der Waals surface area contributed by atoms with Crippen molar-refractivity contribution in [1.29, 1.82) is 0 Å². The molecule has 1 aliphatic heterocycles. The number of alkyl halides is 1. The van der Waals surface area contributed by atoms with Crippen molar-refractivity contribution in [2.24, 2.45) is 0 Å². The maximum atomic E-state index is 5.89. The molecule has 0 fully saturated rings. The molecule has 0 N–H and O–H groups in total. The molecule has 0 spiro atoms. The summed E-state index contributed by atoms with van der Waals surface area (Å²) in [5, 5.41) is 3.57. The average molecular weight is 251 g/mol. The predicted molar refractivity (Wildman–Crippen MR) is 62.1 cm³/mol. The van der Waals surface area contributed by atoms with Crippen LogP contribution in [0.15, 0.2) is 28.8 Å². The molecule has 1 aliphatic rings. The van der Waals surface area contributed by atoms with Gasteiger partial charge in [-0.1, -0.05) is 23.4 Å². The Hall–Kier alpha value is -1.55. The van der Waals surface area contributed by atoms with Gasteiger partial charge >= 0.3 is 0 Å². The first-order valence-electron chi connectivity index (χ1n) is 5.46. The van der Waals surface area contributed by atoms with E-state index in [-0.39, 0.29) is 11.5 Å². The highest BCUT2D eigenvalue weighted by molar-refractivity contribution is 6.20. The summed E-state index contributed by atoms with van der Waals surface area (Å²) in [5.41, 5.74) is 1.16. The van der Waals surface area contributed by atoms with Gasteiger partial charge in [-0.25, -0.2) is 0 Å². The lowest BCUT2D eigenvalue weighted by Gasteiger charge is -2.03. The third kappa shape index (κ3) is 1.89. The number of aromatic nitrogens is 2. The van der Waals surface area contributed by atoms with Gasteiger partial charge in [0.2, 0.25) is 0 Å². The second-order valence-electron chi connectivity index (χ2n) is 4.03. The smallest absolute Gasteiger partial charge is 0.268 e. The molecule has 88 valence electrons. The summed E-state index contributed by atoms with van der Waals surface area (Å²) in [4.78, 5) is 4.24. The molecule has 2 heterocycles. The highest BCUT2D eigenvalue weighted by Gasteiger charge is 2.29. The van der Waals surface area contributed by atoms with Gasteiger partial charge in [-0.05, 0) is 18.6 Å². The summed E-state index contributed by atoms with van der Waals surface area (Å²) in [6, 6.07) is 7.92. The molecule has 0 saturated heterocycles. The fourth-order valence-electron chi connectivity index (χ4n) is 1.86. The Morgan fingerprint density at radius 3 is 2.94 bits per heavy atom. The molecule has 2 unspecified atom stereocenters. The number of hydrogen-bond donors (Lipinski definition) is 0. The van der Waals surface area contributed by atoms with E-state index >= 15 is 0 Å². The molecule has 1 aromatic heterocycles. The lowest BCUT2D eigenvalue weighted by atomic mass is 10.1. The van der Waals surface area contributed by atoms with E-state index in [1.165, 1.54) is 0 Å². The third-order valence-corrected chi connectivity index (χ3v) is 2.93. The second kappa shape index (κ2) is 4.04.